The lowest BCUT2D eigenvalue weighted by Gasteiger charge is -2.38. The van der Waals surface area contributed by atoms with Crippen molar-refractivity contribution in [1.29, 1.82) is 0 Å². The van der Waals surface area contributed by atoms with Gasteiger partial charge in [0.05, 0.1) is 43.9 Å². The van der Waals surface area contributed by atoms with E-state index in [1.54, 1.807) is 12.1 Å². The fraction of sp³-hybridized carbons (Fsp3) is 0.500. The van der Waals surface area contributed by atoms with Crippen LogP contribution in [0.1, 0.15) is 23.3 Å². The van der Waals surface area contributed by atoms with E-state index in [1.165, 1.54) is 21.8 Å². The van der Waals surface area contributed by atoms with E-state index in [1.807, 2.05) is 4.90 Å². The van der Waals surface area contributed by atoms with E-state index in [-0.39, 0.29) is 18.8 Å². The number of rotatable bonds is 5. The van der Waals surface area contributed by atoms with Gasteiger partial charge in [-0.15, -0.1) is 5.10 Å². The third-order valence-corrected chi connectivity index (χ3v) is 5.98. The second-order valence-electron chi connectivity index (χ2n) is 8.04. The maximum Gasteiger partial charge on any atom is 0.414 e. The molecule has 5 rings (SSSR count). The van der Waals surface area contributed by atoms with Crippen LogP contribution in [0.25, 0.3) is 0 Å². The Morgan fingerprint density at radius 1 is 1.25 bits per heavy atom. The molecule has 0 radical (unpaired) electrons. The lowest BCUT2D eigenvalue weighted by atomic mass is 10.0. The molecule has 170 valence electrons. The summed E-state index contributed by atoms with van der Waals surface area (Å²) in [7, 11) is 0. The Labute approximate surface area is 182 Å². The first-order valence-electron chi connectivity index (χ1n) is 10.4. The Hall–Kier alpha value is -3.25. The number of hydrogen-bond donors (Lipinski definition) is 1. The van der Waals surface area contributed by atoms with Gasteiger partial charge in [0.25, 0.3) is 5.91 Å². The van der Waals surface area contributed by atoms with Crippen molar-refractivity contribution in [2.24, 2.45) is 5.73 Å². The predicted molar refractivity (Wildman–Crippen MR) is 109 cm³/mol. The van der Waals surface area contributed by atoms with Crippen LogP contribution >= 0.6 is 0 Å². The van der Waals surface area contributed by atoms with E-state index in [9.17, 15) is 14.0 Å². The van der Waals surface area contributed by atoms with E-state index in [0.29, 0.717) is 50.5 Å². The number of aromatic nitrogens is 3. The van der Waals surface area contributed by atoms with Crippen LogP contribution in [0.15, 0.2) is 24.4 Å². The lowest BCUT2D eigenvalue weighted by molar-refractivity contribution is -0.169. The standard InChI is InChI=1S/C20H23FN6O5/c21-15-9-13(1-2-17(15)25-5-3-20(4-6-25)30-7-8-31-20)27-11-14(32-19(27)29)10-26-12-16(18(22)28)23-24-26/h1-2,9,12,14H,3-8,10-11H2,(H2,22,28). The number of halogens is 1. The Balaban J connectivity index is 1.23. The van der Waals surface area contributed by atoms with Crippen molar-refractivity contribution in [3.63, 3.8) is 0 Å². The zero-order chi connectivity index (χ0) is 22.3. The van der Waals surface area contributed by atoms with Crippen molar-refractivity contribution in [3.05, 3.63) is 35.9 Å². The molecule has 1 spiro atoms. The van der Waals surface area contributed by atoms with Gasteiger partial charge in [-0.3, -0.25) is 9.69 Å². The molecule has 3 fully saturated rings. The first-order chi connectivity index (χ1) is 15.4. The fourth-order valence-corrected chi connectivity index (χ4v) is 4.33. The average molecular weight is 446 g/mol. The number of anilines is 2. The maximum atomic E-state index is 15.0. The zero-order valence-corrected chi connectivity index (χ0v) is 17.3. The first-order valence-corrected chi connectivity index (χ1v) is 10.4. The van der Waals surface area contributed by atoms with Crippen LogP contribution in [0, 0.1) is 5.82 Å². The van der Waals surface area contributed by atoms with Crippen LogP contribution in [0.3, 0.4) is 0 Å². The number of nitrogens with zero attached hydrogens (tertiary/aromatic N) is 5. The number of amides is 2. The molecule has 12 heteroatoms. The summed E-state index contributed by atoms with van der Waals surface area (Å²) >= 11 is 0. The minimum atomic E-state index is -0.691. The van der Waals surface area contributed by atoms with Crippen molar-refractivity contribution in [2.75, 3.05) is 42.6 Å². The molecule has 2 aromatic rings. The smallest absolute Gasteiger partial charge is 0.414 e. The number of piperidine rings is 1. The fourth-order valence-electron chi connectivity index (χ4n) is 4.33. The lowest BCUT2D eigenvalue weighted by Crippen LogP contribution is -2.45. The van der Waals surface area contributed by atoms with Crippen molar-refractivity contribution in [3.8, 4) is 0 Å². The Morgan fingerprint density at radius 2 is 2.00 bits per heavy atom. The molecule has 0 saturated carbocycles. The SMILES string of the molecule is NC(=O)c1cn(CC2CN(c3ccc(N4CCC5(CC4)OCCO5)c(F)c3)C(=O)O2)nn1. The van der Waals surface area contributed by atoms with Gasteiger partial charge in [0.1, 0.15) is 11.9 Å². The number of primary amides is 1. The molecule has 4 heterocycles. The minimum Gasteiger partial charge on any atom is -0.442 e. The van der Waals surface area contributed by atoms with Gasteiger partial charge >= 0.3 is 6.09 Å². The number of carbonyl (C=O) groups excluding carboxylic acids is 2. The van der Waals surface area contributed by atoms with Crippen LogP contribution in [-0.4, -0.2) is 71.7 Å². The van der Waals surface area contributed by atoms with Crippen molar-refractivity contribution in [2.45, 2.75) is 31.3 Å². The number of ether oxygens (including phenoxy) is 3. The summed E-state index contributed by atoms with van der Waals surface area (Å²) in [5.41, 5.74) is 6.08. The molecule has 2 amide bonds. The normalized spacial score (nSPS) is 22.5. The highest BCUT2D eigenvalue weighted by Gasteiger charge is 2.40. The van der Waals surface area contributed by atoms with Crippen LogP contribution in [0.4, 0.5) is 20.6 Å². The average Bonchev–Trinajstić information content (AvgIpc) is 3.50. The molecule has 1 unspecified atom stereocenters. The summed E-state index contributed by atoms with van der Waals surface area (Å²) in [5, 5.41) is 7.46. The first kappa shape index (κ1) is 20.6. The van der Waals surface area contributed by atoms with Gasteiger partial charge in [0.15, 0.2) is 11.5 Å². The van der Waals surface area contributed by atoms with Crippen molar-refractivity contribution < 1.29 is 28.2 Å². The molecular formula is C20H23FN6O5. The van der Waals surface area contributed by atoms with Crippen LogP contribution in [-0.2, 0) is 20.8 Å². The second kappa shape index (κ2) is 8.02. The van der Waals surface area contributed by atoms with Gasteiger partial charge < -0.3 is 24.8 Å². The monoisotopic (exact) mass is 446 g/mol. The highest BCUT2D eigenvalue weighted by Crippen LogP contribution is 2.35. The third kappa shape index (κ3) is 3.86. The van der Waals surface area contributed by atoms with E-state index >= 15 is 0 Å². The number of benzene rings is 1. The van der Waals surface area contributed by atoms with Gasteiger partial charge in [-0.1, -0.05) is 5.21 Å². The number of hydrogen-bond acceptors (Lipinski definition) is 8. The summed E-state index contributed by atoms with van der Waals surface area (Å²) in [4.78, 5) is 26.8. The molecule has 2 N–H and O–H groups in total. The van der Waals surface area contributed by atoms with Gasteiger partial charge in [0.2, 0.25) is 0 Å². The quantitative estimate of drug-likeness (QED) is 0.718. The number of carbonyl (C=O) groups is 2. The summed E-state index contributed by atoms with van der Waals surface area (Å²) < 4.78 is 33.2. The largest absolute Gasteiger partial charge is 0.442 e. The highest BCUT2D eigenvalue weighted by molar-refractivity contribution is 5.90. The molecule has 3 saturated heterocycles. The van der Waals surface area contributed by atoms with Crippen molar-refractivity contribution in [1.82, 2.24) is 15.0 Å². The van der Waals surface area contributed by atoms with E-state index in [4.69, 9.17) is 19.9 Å². The Morgan fingerprint density at radius 3 is 2.66 bits per heavy atom. The van der Waals surface area contributed by atoms with Crippen LogP contribution in [0.2, 0.25) is 0 Å². The molecular weight excluding hydrogens is 423 g/mol. The number of cyclic esters (lactones) is 1. The van der Waals surface area contributed by atoms with Gasteiger partial charge in [-0.05, 0) is 18.2 Å². The zero-order valence-electron chi connectivity index (χ0n) is 17.3. The van der Waals surface area contributed by atoms with Gasteiger partial charge in [0, 0.05) is 25.9 Å². The van der Waals surface area contributed by atoms with E-state index < -0.39 is 29.7 Å². The molecule has 3 aliphatic rings. The number of nitrogens with two attached hydrogens (primary N) is 1. The predicted octanol–water partition coefficient (Wildman–Crippen LogP) is 0.885. The molecule has 0 aliphatic carbocycles. The van der Waals surface area contributed by atoms with E-state index in [0.717, 1.165) is 0 Å². The molecule has 0 bridgehead atoms. The molecule has 32 heavy (non-hydrogen) atoms. The third-order valence-electron chi connectivity index (χ3n) is 5.98. The van der Waals surface area contributed by atoms with Gasteiger partial charge in [-0.25, -0.2) is 13.9 Å². The highest BCUT2D eigenvalue weighted by atomic mass is 19.1. The summed E-state index contributed by atoms with van der Waals surface area (Å²) in [6.45, 7) is 2.84. The van der Waals surface area contributed by atoms with Crippen LogP contribution < -0.4 is 15.5 Å². The molecule has 3 aliphatic heterocycles. The second-order valence-corrected chi connectivity index (χ2v) is 8.04. The Kier molecular flexibility index (Phi) is 5.18. The summed E-state index contributed by atoms with van der Waals surface area (Å²) in [6.07, 6.45) is 1.63. The molecule has 1 aromatic carbocycles. The minimum absolute atomic E-state index is 0.0264. The Bertz CT molecular complexity index is 1030. The van der Waals surface area contributed by atoms with Crippen molar-refractivity contribution >= 4 is 23.4 Å². The summed E-state index contributed by atoms with van der Waals surface area (Å²) in [6, 6.07) is 4.72. The van der Waals surface area contributed by atoms with Crippen LogP contribution in [0.5, 0.6) is 0 Å². The van der Waals surface area contributed by atoms with Gasteiger partial charge in [-0.2, -0.15) is 0 Å². The molecule has 11 nitrogen and oxygen atoms in total. The van der Waals surface area contributed by atoms with E-state index in [2.05, 4.69) is 10.3 Å². The topological polar surface area (TPSA) is 125 Å². The maximum absolute atomic E-state index is 15.0. The molecule has 1 aromatic heterocycles. The summed E-state index contributed by atoms with van der Waals surface area (Å²) in [5.74, 6) is -1.63. The molecule has 1 atom stereocenters.